The van der Waals surface area contributed by atoms with Crippen LogP contribution >= 0.6 is 12.4 Å². The molecular formula is C17H27ClN4O4S. The second kappa shape index (κ2) is 10.5. The van der Waals surface area contributed by atoms with Gasteiger partial charge in [0.2, 0.25) is 15.9 Å². The quantitative estimate of drug-likeness (QED) is 0.604. The Bertz CT molecular complexity index is 757. The number of amides is 2. The second-order valence-electron chi connectivity index (χ2n) is 6.22. The highest BCUT2D eigenvalue weighted by atomic mass is 35.5. The van der Waals surface area contributed by atoms with Gasteiger partial charge in [0.05, 0.1) is 22.9 Å². The number of piperidine rings is 1. The first-order valence-corrected chi connectivity index (χ1v) is 10.4. The fourth-order valence-electron chi connectivity index (χ4n) is 2.88. The standard InChI is InChI=1S/C17H26N4O4S.ClH/c1-2-26(24,25)20-15-8-4-3-7-14(15)17(23)21-11-5-6-13(12-21)16(22)19-10-9-18;/h3-4,7-8,13,20H,2,5-6,9-12,18H2,1H3,(H,19,22);1H. The molecular weight excluding hydrogens is 392 g/mol. The zero-order valence-electron chi connectivity index (χ0n) is 15.3. The van der Waals surface area contributed by atoms with E-state index in [1.807, 2.05) is 0 Å². The number of benzene rings is 1. The van der Waals surface area contributed by atoms with Crippen molar-refractivity contribution in [3.05, 3.63) is 29.8 Å². The molecule has 0 radical (unpaired) electrons. The largest absolute Gasteiger partial charge is 0.355 e. The maximum absolute atomic E-state index is 12.9. The molecule has 1 atom stereocenters. The van der Waals surface area contributed by atoms with Gasteiger partial charge in [-0.15, -0.1) is 12.4 Å². The van der Waals surface area contributed by atoms with E-state index in [-0.39, 0.29) is 47.1 Å². The first kappa shape index (κ1) is 23.2. The fourth-order valence-corrected chi connectivity index (χ4v) is 3.54. The van der Waals surface area contributed by atoms with E-state index >= 15 is 0 Å². The maximum Gasteiger partial charge on any atom is 0.256 e. The lowest BCUT2D eigenvalue weighted by Gasteiger charge is -2.32. The third-order valence-corrected chi connectivity index (χ3v) is 5.62. The van der Waals surface area contributed by atoms with E-state index in [1.165, 1.54) is 6.92 Å². The van der Waals surface area contributed by atoms with Crippen LogP contribution < -0.4 is 15.8 Å². The molecule has 1 saturated heterocycles. The number of nitrogens with zero attached hydrogens (tertiary/aromatic N) is 1. The zero-order valence-corrected chi connectivity index (χ0v) is 16.9. The van der Waals surface area contributed by atoms with Crippen molar-refractivity contribution in [1.82, 2.24) is 10.2 Å². The highest BCUT2D eigenvalue weighted by Crippen LogP contribution is 2.23. The molecule has 1 aliphatic heterocycles. The summed E-state index contributed by atoms with van der Waals surface area (Å²) in [6, 6.07) is 6.51. The van der Waals surface area contributed by atoms with E-state index in [1.54, 1.807) is 29.2 Å². The molecule has 1 unspecified atom stereocenters. The van der Waals surface area contributed by atoms with E-state index in [2.05, 4.69) is 10.0 Å². The Labute approximate surface area is 166 Å². The second-order valence-corrected chi connectivity index (χ2v) is 8.23. The number of halogens is 1. The summed E-state index contributed by atoms with van der Waals surface area (Å²) in [5.74, 6) is -0.745. The molecule has 2 amide bonds. The highest BCUT2D eigenvalue weighted by Gasteiger charge is 2.29. The van der Waals surface area contributed by atoms with Gasteiger partial charge in [0.25, 0.3) is 5.91 Å². The van der Waals surface area contributed by atoms with Gasteiger partial charge in [-0.05, 0) is 31.9 Å². The third-order valence-electron chi connectivity index (χ3n) is 4.33. The number of nitrogens with two attached hydrogens (primary N) is 1. The van der Waals surface area contributed by atoms with Crippen LogP contribution in [0.25, 0.3) is 0 Å². The van der Waals surface area contributed by atoms with Gasteiger partial charge >= 0.3 is 0 Å². The molecule has 1 aromatic rings. The summed E-state index contributed by atoms with van der Waals surface area (Å²) in [6.45, 7) is 3.15. The van der Waals surface area contributed by atoms with Crippen molar-refractivity contribution in [2.45, 2.75) is 19.8 Å². The van der Waals surface area contributed by atoms with Crippen molar-refractivity contribution in [2.24, 2.45) is 11.7 Å². The minimum absolute atomic E-state index is 0. The van der Waals surface area contributed by atoms with Crippen molar-refractivity contribution < 1.29 is 18.0 Å². The number of hydrogen-bond donors (Lipinski definition) is 3. The summed E-state index contributed by atoms with van der Waals surface area (Å²) in [4.78, 5) is 26.7. The molecule has 10 heteroatoms. The summed E-state index contributed by atoms with van der Waals surface area (Å²) in [6.07, 6.45) is 1.43. The van der Waals surface area contributed by atoms with Gasteiger partial charge in [-0.1, -0.05) is 12.1 Å². The molecule has 0 aromatic heterocycles. The summed E-state index contributed by atoms with van der Waals surface area (Å²) in [7, 11) is -3.49. The number of anilines is 1. The lowest BCUT2D eigenvalue weighted by molar-refractivity contribution is -0.126. The van der Waals surface area contributed by atoms with Crippen molar-refractivity contribution in [3.8, 4) is 0 Å². The average molecular weight is 419 g/mol. The Kier molecular flexibility index (Phi) is 9.01. The zero-order chi connectivity index (χ0) is 19.2. The number of likely N-dealkylation sites (tertiary alicyclic amines) is 1. The molecule has 2 rings (SSSR count). The predicted molar refractivity (Wildman–Crippen MR) is 107 cm³/mol. The smallest absolute Gasteiger partial charge is 0.256 e. The number of carbonyl (C=O) groups excluding carboxylic acids is 2. The third kappa shape index (κ3) is 6.37. The monoisotopic (exact) mass is 418 g/mol. The van der Waals surface area contributed by atoms with Crippen LogP contribution in [0.2, 0.25) is 0 Å². The van der Waals surface area contributed by atoms with Crippen LogP contribution in [0.4, 0.5) is 5.69 Å². The maximum atomic E-state index is 12.9. The van der Waals surface area contributed by atoms with Crippen LogP contribution in [0.15, 0.2) is 24.3 Å². The molecule has 1 aliphatic rings. The van der Waals surface area contributed by atoms with Crippen LogP contribution in [-0.4, -0.2) is 57.1 Å². The molecule has 152 valence electrons. The summed E-state index contributed by atoms with van der Waals surface area (Å²) in [5.41, 5.74) is 5.94. The molecule has 0 aliphatic carbocycles. The summed E-state index contributed by atoms with van der Waals surface area (Å²) < 4.78 is 26.2. The van der Waals surface area contributed by atoms with Crippen LogP contribution in [-0.2, 0) is 14.8 Å². The van der Waals surface area contributed by atoms with E-state index in [9.17, 15) is 18.0 Å². The van der Waals surface area contributed by atoms with Crippen molar-refractivity contribution in [3.63, 3.8) is 0 Å². The topological polar surface area (TPSA) is 122 Å². The van der Waals surface area contributed by atoms with Crippen molar-refractivity contribution in [1.29, 1.82) is 0 Å². The van der Waals surface area contributed by atoms with E-state index in [0.717, 1.165) is 6.42 Å². The average Bonchev–Trinajstić information content (AvgIpc) is 2.65. The lowest BCUT2D eigenvalue weighted by atomic mass is 9.96. The van der Waals surface area contributed by atoms with Gasteiger partial charge < -0.3 is 16.0 Å². The van der Waals surface area contributed by atoms with Crippen LogP contribution in [0.3, 0.4) is 0 Å². The minimum atomic E-state index is -3.49. The fraction of sp³-hybridized carbons (Fsp3) is 0.529. The number of carbonyl (C=O) groups is 2. The number of sulfonamides is 1. The predicted octanol–water partition coefficient (Wildman–Crippen LogP) is 0.797. The minimum Gasteiger partial charge on any atom is -0.355 e. The Hall–Kier alpha value is -1.84. The Morgan fingerprint density at radius 3 is 2.67 bits per heavy atom. The summed E-state index contributed by atoms with van der Waals surface area (Å²) in [5, 5.41) is 2.76. The SMILES string of the molecule is CCS(=O)(=O)Nc1ccccc1C(=O)N1CCCC(C(=O)NCCN)C1.Cl. The van der Waals surface area contributed by atoms with Crippen LogP contribution in [0.1, 0.15) is 30.1 Å². The van der Waals surface area contributed by atoms with Gasteiger partial charge in [0.1, 0.15) is 0 Å². The van der Waals surface area contributed by atoms with Crippen molar-refractivity contribution in [2.75, 3.05) is 36.7 Å². The number of nitrogens with one attached hydrogen (secondary N) is 2. The van der Waals surface area contributed by atoms with Crippen LogP contribution in [0, 0.1) is 5.92 Å². The van der Waals surface area contributed by atoms with E-state index in [4.69, 9.17) is 5.73 Å². The number of para-hydroxylation sites is 1. The Morgan fingerprint density at radius 2 is 2.00 bits per heavy atom. The Morgan fingerprint density at radius 1 is 1.30 bits per heavy atom. The van der Waals surface area contributed by atoms with E-state index < -0.39 is 10.0 Å². The molecule has 8 nitrogen and oxygen atoms in total. The van der Waals surface area contributed by atoms with Gasteiger partial charge in [-0.3, -0.25) is 14.3 Å². The highest BCUT2D eigenvalue weighted by molar-refractivity contribution is 7.92. The molecule has 1 fully saturated rings. The lowest BCUT2D eigenvalue weighted by Crippen LogP contribution is -2.46. The molecule has 4 N–H and O–H groups in total. The van der Waals surface area contributed by atoms with Gasteiger partial charge in [-0.25, -0.2) is 8.42 Å². The number of hydrogen-bond acceptors (Lipinski definition) is 5. The summed E-state index contributed by atoms with van der Waals surface area (Å²) >= 11 is 0. The molecule has 0 saturated carbocycles. The molecule has 0 spiro atoms. The van der Waals surface area contributed by atoms with Crippen molar-refractivity contribution >= 4 is 39.9 Å². The van der Waals surface area contributed by atoms with Gasteiger partial charge in [-0.2, -0.15) is 0 Å². The Balaban J connectivity index is 0.00000364. The van der Waals surface area contributed by atoms with Crippen LogP contribution in [0.5, 0.6) is 0 Å². The first-order chi connectivity index (χ1) is 12.4. The molecule has 27 heavy (non-hydrogen) atoms. The van der Waals surface area contributed by atoms with Gasteiger partial charge in [0, 0.05) is 26.2 Å². The molecule has 1 aromatic carbocycles. The molecule has 1 heterocycles. The van der Waals surface area contributed by atoms with Gasteiger partial charge in [0.15, 0.2) is 0 Å². The van der Waals surface area contributed by atoms with E-state index in [0.29, 0.717) is 32.6 Å². The molecule has 0 bridgehead atoms. The first-order valence-electron chi connectivity index (χ1n) is 8.74. The normalized spacial score (nSPS) is 17.0. The number of rotatable bonds is 7.